The second kappa shape index (κ2) is 9.97. The zero-order valence-electron chi connectivity index (χ0n) is 24.6. The van der Waals surface area contributed by atoms with Crippen LogP contribution in [0.2, 0.25) is 0 Å². The van der Waals surface area contributed by atoms with Gasteiger partial charge >= 0.3 is 17.9 Å². The van der Waals surface area contributed by atoms with E-state index in [1.54, 1.807) is 39.0 Å². The SMILES string of the molecule is CC(=O)OC1=C2C(C)C(O)C[C@@](O)([C@@H](OC(=O)c3ccccc3)[C@@H]3[C@]4(OC(C)=O)CO[C@@H]4C[C@H](O)[C@@]3(C)C1=O)C2(C)C. The van der Waals surface area contributed by atoms with Crippen LogP contribution in [0.25, 0.3) is 0 Å². The standard InChI is InChI=1S/C31H38O11/c1-15-19(34)13-31(38)26(41-27(37)18-10-8-7-9-11-18)24-29(6,20(35)12-21-30(24,14-39-21)42-17(3)33)25(36)23(40-16(2)32)22(15)28(31,4)5/h7-11,15,19-21,24,26,34-35,38H,12-14H2,1-6H3/t15?,19?,20-,21+,24-,26-,29+,30-,31+/m0/s1. The minimum absolute atomic E-state index is 0.117. The molecule has 11 heteroatoms. The summed E-state index contributed by atoms with van der Waals surface area (Å²) in [7, 11) is 0. The number of aliphatic hydroxyl groups is 3. The molecule has 2 bridgehead atoms. The fourth-order valence-corrected chi connectivity index (χ4v) is 7.89. The van der Waals surface area contributed by atoms with Crippen molar-refractivity contribution in [2.24, 2.45) is 22.7 Å². The molecule has 3 N–H and O–H groups in total. The molecule has 1 heterocycles. The Kier molecular flexibility index (Phi) is 7.20. The molecule has 2 saturated carbocycles. The van der Waals surface area contributed by atoms with Crippen LogP contribution in [-0.2, 0) is 33.3 Å². The highest BCUT2D eigenvalue weighted by molar-refractivity contribution is 6.02. The summed E-state index contributed by atoms with van der Waals surface area (Å²) >= 11 is 0. The first-order chi connectivity index (χ1) is 19.5. The maximum absolute atomic E-state index is 14.8. The lowest BCUT2D eigenvalue weighted by molar-refractivity contribution is -0.345. The van der Waals surface area contributed by atoms with Crippen molar-refractivity contribution in [3.63, 3.8) is 0 Å². The molecule has 5 rings (SSSR count). The van der Waals surface area contributed by atoms with E-state index < -0.39 is 87.7 Å². The lowest BCUT2D eigenvalue weighted by Gasteiger charge is -2.67. The minimum atomic E-state index is -2.11. The zero-order valence-corrected chi connectivity index (χ0v) is 24.6. The van der Waals surface area contributed by atoms with Crippen LogP contribution < -0.4 is 0 Å². The third-order valence-electron chi connectivity index (χ3n) is 10.2. The Bertz CT molecular complexity index is 1350. The monoisotopic (exact) mass is 586 g/mol. The number of fused-ring (bicyclic) bond motifs is 5. The van der Waals surface area contributed by atoms with Gasteiger partial charge in [0.15, 0.2) is 11.4 Å². The minimum Gasteiger partial charge on any atom is -0.455 e. The third-order valence-corrected chi connectivity index (χ3v) is 10.2. The van der Waals surface area contributed by atoms with Crippen molar-refractivity contribution < 1.29 is 53.4 Å². The number of Topliss-reactive ketones (excluding diaryl/α,β-unsaturated/α-hetero) is 1. The van der Waals surface area contributed by atoms with Gasteiger partial charge in [0.1, 0.15) is 17.8 Å². The fourth-order valence-electron chi connectivity index (χ4n) is 7.89. The first-order valence-corrected chi connectivity index (χ1v) is 14.2. The molecule has 0 amide bonds. The highest BCUT2D eigenvalue weighted by Crippen LogP contribution is 2.64. The number of esters is 3. The highest BCUT2D eigenvalue weighted by Gasteiger charge is 2.77. The van der Waals surface area contributed by atoms with E-state index >= 15 is 0 Å². The highest BCUT2D eigenvalue weighted by atomic mass is 16.6. The van der Waals surface area contributed by atoms with Crippen molar-refractivity contribution >= 4 is 23.7 Å². The van der Waals surface area contributed by atoms with Gasteiger partial charge in [-0.15, -0.1) is 0 Å². The first kappa shape index (κ1) is 30.3. The molecule has 11 nitrogen and oxygen atoms in total. The predicted molar refractivity (Wildman–Crippen MR) is 144 cm³/mol. The molecular formula is C31H38O11. The molecule has 0 spiro atoms. The average molecular weight is 587 g/mol. The van der Waals surface area contributed by atoms with E-state index in [2.05, 4.69) is 0 Å². The second-order valence-electron chi connectivity index (χ2n) is 12.8. The van der Waals surface area contributed by atoms with Gasteiger partial charge < -0.3 is 34.3 Å². The topological polar surface area (TPSA) is 166 Å². The lowest BCUT2D eigenvalue weighted by Crippen LogP contribution is -2.81. The number of rotatable bonds is 4. The Morgan fingerprint density at radius 2 is 1.67 bits per heavy atom. The van der Waals surface area contributed by atoms with Crippen molar-refractivity contribution in [2.45, 2.75) is 90.0 Å². The molecule has 4 aliphatic rings. The lowest BCUT2D eigenvalue weighted by atomic mass is 9.45. The van der Waals surface area contributed by atoms with Crippen molar-refractivity contribution in [3.05, 3.63) is 47.2 Å². The van der Waals surface area contributed by atoms with Crippen molar-refractivity contribution in [1.82, 2.24) is 0 Å². The summed E-state index contributed by atoms with van der Waals surface area (Å²) in [5.41, 5.74) is -6.73. The normalized spacial score (nSPS) is 40.4. The van der Waals surface area contributed by atoms with Gasteiger partial charge in [-0.2, -0.15) is 0 Å². The number of hydrogen-bond acceptors (Lipinski definition) is 11. The summed E-state index contributed by atoms with van der Waals surface area (Å²) in [6.45, 7) is 8.45. The molecule has 0 radical (unpaired) electrons. The summed E-state index contributed by atoms with van der Waals surface area (Å²) in [6.07, 6.45) is -5.61. The van der Waals surface area contributed by atoms with Crippen LogP contribution in [0.3, 0.4) is 0 Å². The van der Waals surface area contributed by atoms with Gasteiger partial charge in [-0.3, -0.25) is 14.4 Å². The largest absolute Gasteiger partial charge is 0.455 e. The molecule has 1 aromatic carbocycles. The number of allylic oxidation sites excluding steroid dienone is 1. The summed E-state index contributed by atoms with van der Waals surface area (Å²) in [4.78, 5) is 53.4. The number of ketones is 1. The molecule has 3 fully saturated rings. The van der Waals surface area contributed by atoms with Crippen molar-refractivity contribution in [1.29, 1.82) is 0 Å². The van der Waals surface area contributed by atoms with Gasteiger partial charge in [0.05, 0.1) is 35.7 Å². The van der Waals surface area contributed by atoms with Crippen molar-refractivity contribution in [3.8, 4) is 0 Å². The number of ether oxygens (including phenoxy) is 4. The van der Waals surface area contributed by atoms with E-state index in [0.29, 0.717) is 0 Å². The van der Waals surface area contributed by atoms with E-state index in [1.807, 2.05) is 0 Å². The third kappa shape index (κ3) is 4.08. The molecule has 9 atom stereocenters. The van der Waals surface area contributed by atoms with E-state index in [-0.39, 0.29) is 30.6 Å². The maximum Gasteiger partial charge on any atom is 0.338 e. The van der Waals surface area contributed by atoms with E-state index in [4.69, 9.17) is 18.9 Å². The number of carbonyl (C=O) groups excluding carboxylic acids is 4. The average Bonchev–Trinajstić information content (AvgIpc) is 2.90. The summed E-state index contributed by atoms with van der Waals surface area (Å²) in [5.74, 6) is -5.67. The molecule has 2 unspecified atom stereocenters. The second-order valence-corrected chi connectivity index (χ2v) is 12.8. The molecule has 3 aliphatic carbocycles. The van der Waals surface area contributed by atoms with Gasteiger partial charge in [0, 0.05) is 38.0 Å². The molecule has 0 aromatic heterocycles. The molecule has 42 heavy (non-hydrogen) atoms. The van der Waals surface area contributed by atoms with E-state index in [1.165, 1.54) is 26.0 Å². The maximum atomic E-state index is 14.8. The van der Waals surface area contributed by atoms with Gasteiger partial charge in [-0.25, -0.2) is 4.79 Å². The van der Waals surface area contributed by atoms with Crippen LogP contribution in [0.5, 0.6) is 0 Å². The van der Waals surface area contributed by atoms with Gasteiger partial charge in [0.25, 0.3) is 0 Å². The number of hydrogen-bond donors (Lipinski definition) is 3. The quantitative estimate of drug-likeness (QED) is 0.348. The van der Waals surface area contributed by atoms with Gasteiger partial charge in [-0.1, -0.05) is 39.0 Å². The van der Waals surface area contributed by atoms with E-state index in [0.717, 1.165) is 6.92 Å². The van der Waals surface area contributed by atoms with Crippen molar-refractivity contribution in [2.75, 3.05) is 6.61 Å². The molecule has 1 saturated heterocycles. The molecule has 228 valence electrons. The molecule has 1 aromatic rings. The van der Waals surface area contributed by atoms with Crippen LogP contribution in [0, 0.1) is 22.7 Å². The summed E-state index contributed by atoms with van der Waals surface area (Å²) in [6, 6.07) is 8.05. The number of carbonyl (C=O) groups is 4. The predicted octanol–water partition coefficient (Wildman–Crippen LogP) is 1.86. The summed E-state index contributed by atoms with van der Waals surface area (Å²) in [5, 5.41) is 35.8. The van der Waals surface area contributed by atoms with Crippen LogP contribution in [0.15, 0.2) is 41.7 Å². The first-order valence-electron chi connectivity index (χ1n) is 14.2. The Morgan fingerprint density at radius 3 is 2.21 bits per heavy atom. The van der Waals surface area contributed by atoms with Crippen LogP contribution in [0.4, 0.5) is 0 Å². The van der Waals surface area contributed by atoms with Crippen LogP contribution >= 0.6 is 0 Å². The molecule has 1 aliphatic heterocycles. The Labute approximate surface area is 243 Å². The zero-order chi connectivity index (χ0) is 31.0. The number of benzene rings is 1. The number of aliphatic hydroxyl groups excluding tert-OH is 2. The molecular weight excluding hydrogens is 548 g/mol. The van der Waals surface area contributed by atoms with Gasteiger partial charge in [0.2, 0.25) is 5.78 Å². The Morgan fingerprint density at radius 1 is 1.02 bits per heavy atom. The Hall–Kier alpha value is -3.12. The smallest absolute Gasteiger partial charge is 0.338 e. The van der Waals surface area contributed by atoms with Crippen LogP contribution in [0.1, 0.15) is 64.7 Å². The van der Waals surface area contributed by atoms with Crippen LogP contribution in [-0.4, -0.2) is 81.2 Å². The Balaban J connectivity index is 1.86. The fraction of sp³-hybridized carbons (Fsp3) is 0.613. The van der Waals surface area contributed by atoms with E-state index in [9.17, 15) is 34.5 Å². The summed E-state index contributed by atoms with van der Waals surface area (Å²) < 4.78 is 23.4. The van der Waals surface area contributed by atoms with Gasteiger partial charge in [-0.05, 0) is 24.6 Å².